The molecule has 0 aliphatic heterocycles. The summed E-state index contributed by atoms with van der Waals surface area (Å²) in [6, 6.07) is 0.972. The number of rotatable bonds is 5. The molecule has 0 bridgehead atoms. The molecule has 0 unspecified atom stereocenters. The van der Waals surface area contributed by atoms with Crippen LogP contribution in [-0.2, 0) is 14.8 Å². The smallest absolute Gasteiger partial charge is 0.260 e. The lowest BCUT2D eigenvalue weighted by Crippen LogP contribution is -2.31. The molecule has 0 fully saturated rings. The number of hydrogen-bond donors (Lipinski definition) is 1. The Morgan fingerprint density at radius 3 is 2.50 bits per heavy atom. The zero-order valence-electron chi connectivity index (χ0n) is 10.9. The Morgan fingerprint density at radius 2 is 2.00 bits per heavy atom. The van der Waals surface area contributed by atoms with Gasteiger partial charge in [0.2, 0.25) is 10.0 Å². The first-order valence-electron chi connectivity index (χ1n) is 5.55. The lowest BCUT2D eigenvalue weighted by Gasteiger charge is -2.16. The maximum absolute atomic E-state index is 13.6. The summed E-state index contributed by atoms with van der Waals surface area (Å²) in [5, 5.41) is 4.85. The average Bonchev–Trinajstić information content (AvgIpc) is 2.34. The Hall–Kier alpha value is -1.74. The van der Waals surface area contributed by atoms with Gasteiger partial charge < -0.3 is 9.64 Å². The van der Waals surface area contributed by atoms with Crippen LogP contribution in [0.5, 0.6) is 5.75 Å². The molecule has 2 N–H and O–H groups in total. The standard InChI is InChI=1S/C11H14F2N2O4S/c1-3-15(2)10(16)6-19-11-8(13)4-7(12)5-9(11)20(14,17)18/h4-5H,3,6H2,1-2H3,(H2,14,17,18). The van der Waals surface area contributed by atoms with E-state index in [0.717, 1.165) is 0 Å². The number of nitrogens with zero attached hydrogens (tertiary/aromatic N) is 1. The predicted octanol–water partition coefficient (Wildman–Crippen LogP) is 0.469. The van der Waals surface area contributed by atoms with Gasteiger partial charge in [0.1, 0.15) is 10.7 Å². The number of amides is 1. The summed E-state index contributed by atoms with van der Waals surface area (Å²) in [6.07, 6.45) is 0. The fourth-order valence-corrected chi connectivity index (χ4v) is 2.00. The summed E-state index contributed by atoms with van der Waals surface area (Å²) in [4.78, 5) is 12.0. The second-order valence-electron chi connectivity index (χ2n) is 3.96. The quantitative estimate of drug-likeness (QED) is 0.856. The highest BCUT2D eigenvalue weighted by Crippen LogP contribution is 2.27. The minimum Gasteiger partial charge on any atom is -0.479 e. The van der Waals surface area contributed by atoms with Gasteiger partial charge in [-0.25, -0.2) is 22.3 Å². The van der Waals surface area contributed by atoms with Crippen LogP contribution in [0.25, 0.3) is 0 Å². The van der Waals surface area contributed by atoms with Gasteiger partial charge in [0, 0.05) is 19.7 Å². The maximum Gasteiger partial charge on any atom is 0.260 e. The molecule has 0 heterocycles. The van der Waals surface area contributed by atoms with E-state index < -0.39 is 44.8 Å². The van der Waals surface area contributed by atoms with Crippen molar-refractivity contribution in [3.05, 3.63) is 23.8 Å². The number of carbonyl (C=O) groups is 1. The van der Waals surface area contributed by atoms with E-state index in [0.29, 0.717) is 18.7 Å². The van der Waals surface area contributed by atoms with Gasteiger partial charge in [-0.05, 0) is 13.0 Å². The van der Waals surface area contributed by atoms with Crippen LogP contribution in [-0.4, -0.2) is 39.4 Å². The molecule has 1 rings (SSSR count). The van der Waals surface area contributed by atoms with E-state index in [9.17, 15) is 22.0 Å². The summed E-state index contributed by atoms with van der Waals surface area (Å²) in [5.41, 5.74) is 0. The Balaban J connectivity index is 3.09. The van der Waals surface area contributed by atoms with Crippen molar-refractivity contribution < 1.29 is 26.7 Å². The molecular weight excluding hydrogens is 294 g/mol. The molecule has 9 heteroatoms. The fraction of sp³-hybridized carbons (Fsp3) is 0.364. The SMILES string of the molecule is CCN(C)C(=O)COc1c(F)cc(F)cc1S(N)(=O)=O. The number of halogens is 2. The predicted molar refractivity (Wildman–Crippen MR) is 66.5 cm³/mol. The van der Waals surface area contributed by atoms with Gasteiger partial charge in [0.05, 0.1) is 0 Å². The highest BCUT2D eigenvalue weighted by molar-refractivity contribution is 7.89. The van der Waals surface area contributed by atoms with E-state index in [2.05, 4.69) is 0 Å². The lowest BCUT2D eigenvalue weighted by molar-refractivity contribution is -0.131. The highest BCUT2D eigenvalue weighted by Gasteiger charge is 2.22. The third kappa shape index (κ3) is 3.87. The molecule has 0 spiro atoms. The molecule has 0 atom stereocenters. The van der Waals surface area contributed by atoms with Crippen LogP contribution in [0.4, 0.5) is 8.78 Å². The van der Waals surface area contributed by atoms with Crippen LogP contribution < -0.4 is 9.88 Å². The molecule has 0 saturated carbocycles. The van der Waals surface area contributed by atoms with Crippen molar-refractivity contribution in [1.29, 1.82) is 0 Å². The van der Waals surface area contributed by atoms with Crippen molar-refractivity contribution in [1.82, 2.24) is 4.90 Å². The summed E-state index contributed by atoms with van der Waals surface area (Å²) in [6.45, 7) is 1.53. The van der Waals surface area contributed by atoms with E-state index in [1.807, 2.05) is 0 Å². The minimum absolute atomic E-state index is 0.399. The van der Waals surface area contributed by atoms with E-state index >= 15 is 0 Å². The molecule has 6 nitrogen and oxygen atoms in total. The number of benzene rings is 1. The largest absolute Gasteiger partial charge is 0.479 e. The van der Waals surface area contributed by atoms with E-state index in [1.54, 1.807) is 6.92 Å². The lowest BCUT2D eigenvalue weighted by atomic mass is 10.3. The first-order chi connectivity index (χ1) is 9.16. The molecule has 20 heavy (non-hydrogen) atoms. The van der Waals surface area contributed by atoms with Gasteiger partial charge in [-0.2, -0.15) is 0 Å². The number of sulfonamides is 1. The molecule has 1 aromatic carbocycles. The average molecular weight is 308 g/mol. The maximum atomic E-state index is 13.6. The number of primary sulfonamides is 1. The number of hydrogen-bond acceptors (Lipinski definition) is 4. The molecule has 0 saturated heterocycles. The van der Waals surface area contributed by atoms with Crippen LogP contribution in [0.3, 0.4) is 0 Å². The molecule has 1 amide bonds. The summed E-state index contributed by atoms with van der Waals surface area (Å²) < 4.78 is 54.0. The Bertz CT molecular complexity index is 619. The topological polar surface area (TPSA) is 89.7 Å². The van der Waals surface area contributed by atoms with Crippen molar-refractivity contribution >= 4 is 15.9 Å². The molecule has 0 radical (unpaired) electrons. The van der Waals surface area contributed by atoms with Crippen LogP contribution in [0.15, 0.2) is 17.0 Å². The Labute approximate surface area is 115 Å². The number of nitrogens with two attached hydrogens (primary N) is 1. The van der Waals surface area contributed by atoms with Crippen molar-refractivity contribution in [2.45, 2.75) is 11.8 Å². The fourth-order valence-electron chi connectivity index (χ4n) is 1.31. The molecule has 0 aliphatic rings. The van der Waals surface area contributed by atoms with Gasteiger partial charge in [0.15, 0.2) is 18.2 Å². The van der Waals surface area contributed by atoms with Crippen LogP contribution in [0.2, 0.25) is 0 Å². The zero-order chi connectivity index (χ0) is 15.5. The number of carbonyl (C=O) groups excluding carboxylic acids is 1. The van der Waals surface area contributed by atoms with Crippen LogP contribution in [0, 0.1) is 11.6 Å². The summed E-state index contributed by atoms with van der Waals surface area (Å²) in [5.74, 6) is -3.62. The van der Waals surface area contributed by atoms with Crippen LogP contribution in [0.1, 0.15) is 6.92 Å². The van der Waals surface area contributed by atoms with Crippen molar-refractivity contribution in [2.75, 3.05) is 20.2 Å². The molecule has 1 aromatic rings. The Morgan fingerprint density at radius 1 is 1.40 bits per heavy atom. The Kier molecular flexibility index (Phi) is 5.01. The third-order valence-corrected chi connectivity index (χ3v) is 3.44. The first-order valence-corrected chi connectivity index (χ1v) is 7.10. The second kappa shape index (κ2) is 6.14. The van der Waals surface area contributed by atoms with Crippen molar-refractivity contribution in [3.8, 4) is 5.75 Å². The van der Waals surface area contributed by atoms with Crippen molar-refractivity contribution in [2.24, 2.45) is 5.14 Å². The zero-order valence-corrected chi connectivity index (χ0v) is 11.7. The minimum atomic E-state index is -4.38. The van der Waals surface area contributed by atoms with Crippen LogP contribution >= 0.6 is 0 Å². The first kappa shape index (κ1) is 16.3. The number of likely N-dealkylation sites (N-methyl/N-ethyl adjacent to an activating group) is 1. The van der Waals surface area contributed by atoms with Gasteiger partial charge in [-0.1, -0.05) is 0 Å². The van der Waals surface area contributed by atoms with E-state index in [4.69, 9.17) is 9.88 Å². The summed E-state index contributed by atoms with van der Waals surface area (Å²) in [7, 11) is -2.89. The summed E-state index contributed by atoms with van der Waals surface area (Å²) >= 11 is 0. The molecule has 0 aromatic heterocycles. The van der Waals surface area contributed by atoms with Gasteiger partial charge in [-0.3, -0.25) is 4.79 Å². The highest BCUT2D eigenvalue weighted by atomic mass is 32.2. The van der Waals surface area contributed by atoms with Gasteiger partial charge in [0.25, 0.3) is 5.91 Å². The molecule has 112 valence electrons. The van der Waals surface area contributed by atoms with Gasteiger partial charge >= 0.3 is 0 Å². The molecular formula is C11H14F2N2O4S. The van der Waals surface area contributed by atoms with Crippen molar-refractivity contribution in [3.63, 3.8) is 0 Å². The van der Waals surface area contributed by atoms with E-state index in [-0.39, 0.29) is 0 Å². The third-order valence-electron chi connectivity index (χ3n) is 2.52. The second-order valence-corrected chi connectivity index (χ2v) is 5.49. The monoisotopic (exact) mass is 308 g/mol. The van der Waals surface area contributed by atoms with E-state index in [1.165, 1.54) is 11.9 Å². The van der Waals surface area contributed by atoms with Gasteiger partial charge in [-0.15, -0.1) is 0 Å². The molecule has 0 aliphatic carbocycles. The number of ether oxygens (including phenoxy) is 1. The normalized spacial score (nSPS) is 11.2.